The van der Waals surface area contributed by atoms with E-state index in [0.29, 0.717) is 16.6 Å². The van der Waals surface area contributed by atoms with Gasteiger partial charge >= 0.3 is 5.97 Å². The van der Waals surface area contributed by atoms with Crippen LogP contribution in [-0.2, 0) is 0 Å². The van der Waals surface area contributed by atoms with Crippen LogP contribution in [0.25, 0.3) is 11.3 Å². The molecule has 0 aliphatic rings. The first kappa shape index (κ1) is 13.3. The minimum Gasteiger partial charge on any atom is -0.477 e. The minimum absolute atomic E-state index is 0.173. The molecule has 3 rings (SSSR count). The zero-order valence-electron chi connectivity index (χ0n) is 10.9. The van der Waals surface area contributed by atoms with E-state index in [4.69, 9.17) is 4.74 Å². The smallest absolute Gasteiger partial charge is 0.348 e. The van der Waals surface area contributed by atoms with Crippen molar-refractivity contribution in [3.05, 3.63) is 65.5 Å². The van der Waals surface area contributed by atoms with E-state index < -0.39 is 5.97 Å². The zero-order chi connectivity index (χ0) is 14.7. The Morgan fingerprint density at radius 1 is 1.00 bits per heavy atom. The fraction of sp³-hybridized carbons (Fsp3) is 0. The summed E-state index contributed by atoms with van der Waals surface area (Å²) in [7, 11) is 0. The van der Waals surface area contributed by atoms with Crippen LogP contribution < -0.4 is 4.74 Å². The first-order chi connectivity index (χ1) is 10.2. The lowest BCUT2D eigenvalue weighted by atomic mass is 10.1. The third kappa shape index (κ3) is 2.93. The van der Waals surface area contributed by atoms with Gasteiger partial charge in [-0.05, 0) is 12.1 Å². The van der Waals surface area contributed by atoms with Crippen molar-refractivity contribution in [1.82, 2.24) is 4.98 Å². The molecule has 4 nitrogen and oxygen atoms in total. The maximum atomic E-state index is 11.4. The van der Waals surface area contributed by atoms with Gasteiger partial charge < -0.3 is 9.84 Å². The summed E-state index contributed by atoms with van der Waals surface area (Å²) in [6.45, 7) is 0. The molecule has 3 aromatic rings. The van der Waals surface area contributed by atoms with Crippen molar-refractivity contribution in [2.75, 3.05) is 0 Å². The Hall–Kier alpha value is -2.66. The molecule has 2 aromatic carbocycles. The molecule has 0 aliphatic carbocycles. The average molecular weight is 297 g/mol. The van der Waals surface area contributed by atoms with Gasteiger partial charge in [-0.2, -0.15) is 0 Å². The molecule has 0 saturated heterocycles. The van der Waals surface area contributed by atoms with Gasteiger partial charge in [0, 0.05) is 5.56 Å². The van der Waals surface area contributed by atoms with Crippen molar-refractivity contribution in [1.29, 1.82) is 0 Å². The van der Waals surface area contributed by atoms with Crippen LogP contribution in [0.2, 0.25) is 0 Å². The van der Waals surface area contributed by atoms with Gasteiger partial charge in [0.2, 0.25) is 0 Å². The van der Waals surface area contributed by atoms with Crippen molar-refractivity contribution >= 4 is 17.3 Å². The molecule has 0 unspecified atom stereocenters. The maximum absolute atomic E-state index is 11.4. The van der Waals surface area contributed by atoms with Crippen LogP contribution in [0.5, 0.6) is 10.9 Å². The predicted octanol–water partition coefficient (Wildman–Crippen LogP) is 4.30. The van der Waals surface area contributed by atoms with Crippen LogP contribution >= 0.6 is 11.3 Å². The van der Waals surface area contributed by atoms with E-state index in [2.05, 4.69) is 4.98 Å². The highest BCUT2D eigenvalue weighted by Crippen LogP contribution is 2.34. The normalized spacial score (nSPS) is 10.3. The number of thiazole rings is 1. The monoisotopic (exact) mass is 297 g/mol. The Labute approximate surface area is 125 Å². The molecular formula is C16H11NO3S. The summed E-state index contributed by atoms with van der Waals surface area (Å²) < 4.78 is 5.62. The summed E-state index contributed by atoms with van der Waals surface area (Å²) in [5, 5.41) is 9.64. The molecule has 0 bridgehead atoms. The number of carboxylic acids is 1. The summed E-state index contributed by atoms with van der Waals surface area (Å²) in [4.78, 5) is 15.9. The molecule has 0 radical (unpaired) electrons. The standard InChI is InChI=1S/C16H11NO3S/c18-15(19)14-13(11-7-3-1-4-8-11)17-16(21-14)20-12-9-5-2-6-10-12/h1-10H,(H,18,19). The molecule has 0 spiro atoms. The quantitative estimate of drug-likeness (QED) is 0.780. The van der Waals surface area contributed by atoms with Gasteiger partial charge in [0.1, 0.15) is 10.6 Å². The van der Waals surface area contributed by atoms with Gasteiger partial charge in [-0.1, -0.05) is 59.9 Å². The van der Waals surface area contributed by atoms with Crippen LogP contribution in [-0.4, -0.2) is 16.1 Å². The van der Waals surface area contributed by atoms with E-state index >= 15 is 0 Å². The number of hydrogen-bond acceptors (Lipinski definition) is 4. The molecule has 1 aromatic heterocycles. The molecule has 0 fully saturated rings. The number of carboxylic acid groups (broad SMARTS) is 1. The van der Waals surface area contributed by atoms with E-state index in [9.17, 15) is 9.90 Å². The van der Waals surface area contributed by atoms with Crippen molar-refractivity contribution in [3.63, 3.8) is 0 Å². The summed E-state index contributed by atoms with van der Waals surface area (Å²) >= 11 is 1.02. The second-order valence-corrected chi connectivity index (χ2v) is 5.21. The SMILES string of the molecule is O=C(O)c1sc(Oc2ccccc2)nc1-c1ccccc1. The highest BCUT2D eigenvalue weighted by molar-refractivity contribution is 7.15. The highest BCUT2D eigenvalue weighted by atomic mass is 32.1. The number of ether oxygens (including phenoxy) is 1. The summed E-state index contributed by atoms with van der Waals surface area (Å²) in [5.74, 6) is -0.378. The average Bonchev–Trinajstić information content (AvgIpc) is 2.93. The topological polar surface area (TPSA) is 59.4 Å². The van der Waals surface area contributed by atoms with Crippen molar-refractivity contribution < 1.29 is 14.6 Å². The molecule has 1 N–H and O–H groups in total. The third-order valence-electron chi connectivity index (χ3n) is 2.80. The Balaban J connectivity index is 1.99. The fourth-order valence-electron chi connectivity index (χ4n) is 1.87. The van der Waals surface area contributed by atoms with Gasteiger partial charge in [-0.15, -0.1) is 0 Å². The van der Waals surface area contributed by atoms with Crippen LogP contribution in [0, 0.1) is 0 Å². The summed E-state index contributed by atoms with van der Waals surface area (Å²) in [6.07, 6.45) is 0. The predicted molar refractivity (Wildman–Crippen MR) is 81.0 cm³/mol. The van der Waals surface area contributed by atoms with E-state index in [0.717, 1.165) is 16.9 Å². The van der Waals surface area contributed by atoms with Crippen LogP contribution in [0.15, 0.2) is 60.7 Å². The minimum atomic E-state index is -1.01. The molecule has 0 saturated carbocycles. The number of para-hydroxylation sites is 1. The van der Waals surface area contributed by atoms with E-state index in [1.807, 2.05) is 48.5 Å². The van der Waals surface area contributed by atoms with Gasteiger partial charge in [0.25, 0.3) is 5.19 Å². The van der Waals surface area contributed by atoms with Crippen molar-refractivity contribution in [2.45, 2.75) is 0 Å². The number of hydrogen-bond donors (Lipinski definition) is 1. The van der Waals surface area contributed by atoms with E-state index in [-0.39, 0.29) is 4.88 Å². The summed E-state index contributed by atoms with van der Waals surface area (Å²) in [5.41, 5.74) is 1.19. The Morgan fingerprint density at radius 2 is 1.62 bits per heavy atom. The van der Waals surface area contributed by atoms with Crippen LogP contribution in [0.3, 0.4) is 0 Å². The van der Waals surface area contributed by atoms with Gasteiger partial charge in [0.15, 0.2) is 0 Å². The number of benzene rings is 2. The van der Waals surface area contributed by atoms with Crippen LogP contribution in [0.4, 0.5) is 0 Å². The first-order valence-electron chi connectivity index (χ1n) is 6.26. The third-order valence-corrected chi connectivity index (χ3v) is 3.72. The Morgan fingerprint density at radius 3 is 2.24 bits per heavy atom. The fourth-order valence-corrected chi connectivity index (χ4v) is 2.67. The van der Waals surface area contributed by atoms with Gasteiger partial charge in [-0.3, -0.25) is 0 Å². The Kier molecular flexibility index (Phi) is 3.66. The van der Waals surface area contributed by atoms with E-state index in [1.54, 1.807) is 12.1 Å². The number of aromatic carboxylic acids is 1. The Bertz CT molecular complexity index is 754. The summed E-state index contributed by atoms with van der Waals surface area (Å²) in [6, 6.07) is 18.4. The molecule has 0 atom stereocenters. The van der Waals surface area contributed by atoms with Crippen molar-refractivity contribution in [2.24, 2.45) is 0 Å². The van der Waals surface area contributed by atoms with Gasteiger partial charge in [-0.25, -0.2) is 9.78 Å². The lowest BCUT2D eigenvalue weighted by molar-refractivity contribution is 0.0702. The van der Waals surface area contributed by atoms with Crippen molar-refractivity contribution in [3.8, 4) is 22.2 Å². The molecule has 104 valence electrons. The molecule has 0 aliphatic heterocycles. The lowest BCUT2D eigenvalue weighted by Crippen LogP contribution is -1.95. The molecular weight excluding hydrogens is 286 g/mol. The zero-order valence-corrected chi connectivity index (χ0v) is 11.7. The first-order valence-corrected chi connectivity index (χ1v) is 7.08. The number of aromatic nitrogens is 1. The second-order valence-electron chi connectivity index (χ2n) is 4.24. The molecule has 0 amide bonds. The number of rotatable bonds is 4. The second kappa shape index (κ2) is 5.76. The molecule has 5 heteroatoms. The molecule has 21 heavy (non-hydrogen) atoms. The largest absolute Gasteiger partial charge is 0.477 e. The maximum Gasteiger partial charge on any atom is 0.348 e. The van der Waals surface area contributed by atoms with E-state index in [1.165, 1.54) is 0 Å². The lowest BCUT2D eigenvalue weighted by Gasteiger charge is -1.99. The number of carbonyl (C=O) groups is 1. The number of nitrogens with zero attached hydrogens (tertiary/aromatic N) is 1. The van der Waals surface area contributed by atoms with Gasteiger partial charge in [0.05, 0.1) is 5.69 Å². The molecule has 1 heterocycles. The van der Waals surface area contributed by atoms with Crippen LogP contribution in [0.1, 0.15) is 9.67 Å². The highest BCUT2D eigenvalue weighted by Gasteiger charge is 2.19.